The molecule has 0 saturated carbocycles. The average molecular weight is 232 g/mol. The smallest absolute Gasteiger partial charge is 0.0784 e. The van der Waals surface area contributed by atoms with Crippen LogP contribution in [-0.2, 0) is 11.3 Å². The highest BCUT2D eigenvalue weighted by atomic mass is 16.5. The third-order valence-electron chi connectivity index (χ3n) is 3.62. The molecule has 1 aromatic carbocycles. The summed E-state index contributed by atoms with van der Waals surface area (Å²) >= 11 is 0. The van der Waals surface area contributed by atoms with Crippen molar-refractivity contribution in [1.29, 1.82) is 0 Å². The van der Waals surface area contributed by atoms with Gasteiger partial charge in [0.1, 0.15) is 0 Å². The van der Waals surface area contributed by atoms with Gasteiger partial charge in [0.05, 0.1) is 18.8 Å². The number of benzene rings is 1. The van der Waals surface area contributed by atoms with Gasteiger partial charge < -0.3 is 10.1 Å². The zero-order valence-corrected chi connectivity index (χ0v) is 10.4. The van der Waals surface area contributed by atoms with E-state index in [0.29, 0.717) is 6.04 Å². The Bertz CT molecular complexity index is 375. The molecular formula is C14H20N2O. The van der Waals surface area contributed by atoms with Crippen molar-refractivity contribution >= 4 is 0 Å². The van der Waals surface area contributed by atoms with Gasteiger partial charge in [-0.25, -0.2) is 0 Å². The predicted octanol–water partition coefficient (Wildman–Crippen LogP) is 1.25. The number of rotatable bonds is 2. The van der Waals surface area contributed by atoms with Crippen LogP contribution >= 0.6 is 0 Å². The van der Waals surface area contributed by atoms with Crippen molar-refractivity contribution in [2.24, 2.45) is 0 Å². The van der Waals surface area contributed by atoms with Crippen LogP contribution < -0.4 is 5.32 Å². The summed E-state index contributed by atoms with van der Waals surface area (Å²) in [5, 5.41) is 3.68. The average Bonchev–Trinajstić information content (AvgIpc) is 2.27. The van der Waals surface area contributed by atoms with E-state index in [4.69, 9.17) is 4.74 Å². The first kappa shape index (κ1) is 11.2. The van der Waals surface area contributed by atoms with Gasteiger partial charge in [0.25, 0.3) is 0 Å². The maximum absolute atomic E-state index is 5.37. The second-order valence-electron chi connectivity index (χ2n) is 5.47. The number of nitrogens with one attached hydrogen (secondary N) is 1. The van der Waals surface area contributed by atoms with Crippen molar-refractivity contribution in [3.05, 3.63) is 35.9 Å². The molecule has 1 aromatic rings. The van der Waals surface area contributed by atoms with Gasteiger partial charge in [-0.1, -0.05) is 30.3 Å². The van der Waals surface area contributed by atoms with Crippen LogP contribution in [0.2, 0.25) is 0 Å². The van der Waals surface area contributed by atoms with Crippen LogP contribution in [0.5, 0.6) is 0 Å². The molecule has 1 spiro atoms. The molecule has 3 rings (SSSR count). The third-order valence-corrected chi connectivity index (χ3v) is 3.62. The second kappa shape index (κ2) is 4.41. The summed E-state index contributed by atoms with van der Waals surface area (Å²) in [6, 6.07) is 11.3. The van der Waals surface area contributed by atoms with E-state index in [9.17, 15) is 0 Å². The standard InChI is InChI=1S/C14H20N2O/c1-12-7-16(8-13-5-3-2-4-6-13)9-14(15-12)10-17-11-14/h2-6,12,15H,7-11H2,1H3. The monoisotopic (exact) mass is 232 g/mol. The van der Waals surface area contributed by atoms with Crippen molar-refractivity contribution < 1.29 is 4.74 Å². The largest absolute Gasteiger partial charge is 0.377 e. The van der Waals surface area contributed by atoms with Gasteiger partial charge in [-0.05, 0) is 12.5 Å². The molecule has 2 aliphatic heterocycles. The fraction of sp³-hybridized carbons (Fsp3) is 0.571. The predicted molar refractivity (Wildman–Crippen MR) is 67.9 cm³/mol. The third kappa shape index (κ3) is 2.37. The minimum absolute atomic E-state index is 0.229. The van der Waals surface area contributed by atoms with Crippen LogP contribution in [-0.4, -0.2) is 42.8 Å². The van der Waals surface area contributed by atoms with Crippen molar-refractivity contribution in [1.82, 2.24) is 10.2 Å². The van der Waals surface area contributed by atoms with Crippen molar-refractivity contribution in [2.45, 2.75) is 25.0 Å². The molecule has 0 bridgehead atoms. The summed E-state index contributed by atoms with van der Waals surface area (Å²) in [5.74, 6) is 0. The highest BCUT2D eigenvalue weighted by Crippen LogP contribution is 2.24. The Labute approximate surface area is 103 Å². The van der Waals surface area contributed by atoms with Gasteiger partial charge in [-0.15, -0.1) is 0 Å². The van der Waals surface area contributed by atoms with E-state index < -0.39 is 0 Å². The molecule has 1 unspecified atom stereocenters. The molecule has 0 radical (unpaired) electrons. The summed E-state index contributed by atoms with van der Waals surface area (Å²) in [6.45, 7) is 7.26. The Balaban J connectivity index is 1.67. The Hall–Kier alpha value is -0.900. The number of ether oxygens (including phenoxy) is 1. The number of piperazine rings is 1. The topological polar surface area (TPSA) is 24.5 Å². The van der Waals surface area contributed by atoms with E-state index in [1.54, 1.807) is 0 Å². The Morgan fingerprint density at radius 3 is 2.76 bits per heavy atom. The second-order valence-corrected chi connectivity index (χ2v) is 5.47. The first-order valence-electron chi connectivity index (χ1n) is 6.38. The summed E-state index contributed by atoms with van der Waals surface area (Å²) in [6.07, 6.45) is 0. The van der Waals surface area contributed by atoms with Gasteiger partial charge in [0, 0.05) is 25.7 Å². The van der Waals surface area contributed by atoms with Crippen LogP contribution in [0.25, 0.3) is 0 Å². The van der Waals surface area contributed by atoms with E-state index in [1.165, 1.54) is 5.56 Å². The van der Waals surface area contributed by atoms with E-state index >= 15 is 0 Å². The molecule has 92 valence electrons. The Morgan fingerprint density at radius 2 is 2.12 bits per heavy atom. The summed E-state index contributed by atoms with van der Waals surface area (Å²) in [4.78, 5) is 2.54. The first-order valence-corrected chi connectivity index (χ1v) is 6.38. The zero-order valence-electron chi connectivity index (χ0n) is 10.4. The van der Waals surface area contributed by atoms with Gasteiger partial charge >= 0.3 is 0 Å². The maximum Gasteiger partial charge on any atom is 0.0784 e. The Morgan fingerprint density at radius 1 is 1.35 bits per heavy atom. The van der Waals surface area contributed by atoms with Gasteiger partial charge in [-0.3, -0.25) is 4.90 Å². The lowest BCUT2D eigenvalue weighted by atomic mass is 9.92. The fourth-order valence-electron chi connectivity index (χ4n) is 2.98. The van der Waals surface area contributed by atoms with Crippen LogP contribution in [0.15, 0.2) is 30.3 Å². The lowest BCUT2D eigenvalue weighted by molar-refractivity contribution is -0.110. The molecule has 0 amide bonds. The molecule has 17 heavy (non-hydrogen) atoms. The highest BCUT2D eigenvalue weighted by molar-refractivity contribution is 5.15. The van der Waals surface area contributed by atoms with Crippen molar-refractivity contribution in [3.8, 4) is 0 Å². The molecule has 2 fully saturated rings. The molecule has 3 heteroatoms. The molecule has 0 aromatic heterocycles. The Kier molecular flexibility index (Phi) is 2.90. The summed E-state index contributed by atoms with van der Waals surface area (Å²) in [7, 11) is 0. The number of hydrogen-bond acceptors (Lipinski definition) is 3. The molecule has 2 aliphatic rings. The minimum Gasteiger partial charge on any atom is -0.377 e. The lowest BCUT2D eigenvalue weighted by Gasteiger charge is -2.51. The van der Waals surface area contributed by atoms with Crippen LogP contribution in [0.4, 0.5) is 0 Å². The molecule has 2 saturated heterocycles. The number of hydrogen-bond donors (Lipinski definition) is 1. The quantitative estimate of drug-likeness (QED) is 0.830. The minimum atomic E-state index is 0.229. The molecule has 0 aliphatic carbocycles. The SMILES string of the molecule is CC1CN(Cc2ccccc2)CC2(COC2)N1. The maximum atomic E-state index is 5.37. The lowest BCUT2D eigenvalue weighted by Crippen LogP contribution is -2.72. The van der Waals surface area contributed by atoms with Gasteiger partial charge in [-0.2, -0.15) is 0 Å². The molecule has 1 atom stereocenters. The molecule has 1 N–H and O–H groups in total. The normalized spacial score (nSPS) is 27.9. The van der Waals surface area contributed by atoms with Crippen molar-refractivity contribution in [3.63, 3.8) is 0 Å². The molecule has 3 nitrogen and oxygen atoms in total. The molecule has 2 heterocycles. The fourth-order valence-corrected chi connectivity index (χ4v) is 2.98. The first-order chi connectivity index (χ1) is 8.26. The zero-order chi connectivity index (χ0) is 11.7. The van der Waals surface area contributed by atoms with E-state index in [1.807, 2.05) is 0 Å². The van der Waals surface area contributed by atoms with E-state index in [2.05, 4.69) is 47.5 Å². The summed E-state index contributed by atoms with van der Waals surface area (Å²) < 4.78 is 5.37. The molecular weight excluding hydrogens is 212 g/mol. The van der Waals surface area contributed by atoms with Gasteiger partial charge in [0.2, 0.25) is 0 Å². The van der Waals surface area contributed by atoms with Gasteiger partial charge in [0.15, 0.2) is 0 Å². The van der Waals surface area contributed by atoms with E-state index in [-0.39, 0.29) is 5.54 Å². The highest BCUT2D eigenvalue weighted by Gasteiger charge is 2.43. The van der Waals surface area contributed by atoms with Crippen LogP contribution in [0, 0.1) is 0 Å². The number of nitrogens with zero attached hydrogens (tertiary/aromatic N) is 1. The summed E-state index contributed by atoms with van der Waals surface area (Å²) in [5.41, 5.74) is 1.63. The van der Waals surface area contributed by atoms with Crippen molar-refractivity contribution in [2.75, 3.05) is 26.3 Å². The van der Waals surface area contributed by atoms with Crippen LogP contribution in [0.1, 0.15) is 12.5 Å². The van der Waals surface area contributed by atoms with Crippen LogP contribution in [0.3, 0.4) is 0 Å². The van der Waals surface area contributed by atoms with E-state index in [0.717, 1.165) is 32.8 Å².